The van der Waals surface area contributed by atoms with E-state index in [1.165, 1.54) is 6.92 Å². The predicted molar refractivity (Wildman–Crippen MR) is 184 cm³/mol. The van der Waals surface area contributed by atoms with Gasteiger partial charge in [0.25, 0.3) is 6.47 Å². The van der Waals surface area contributed by atoms with Gasteiger partial charge >= 0.3 is 23.9 Å². The summed E-state index contributed by atoms with van der Waals surface area (Å²) in [6.45, 7) is 14.6. The molecule has 0 amide bonds. The smallest absolute Gasteiger partial charge is 0.338 e. The molecule has 1 aromatic carbocycles. The van der Waals surface area contributed by atoms with Gasteiger partial charge in [0.15, 0.2) is 0 Å². The van der Waals surface area contributed by atoms with Gasteiger partial charge < -0.3 is 33.6 Å². The lowest BCUT2D eigenvalue weighted by Crippen LogP contribution is -2.81. The van der Waals surface area contributed by atoms with Crippen LogP contribution in [0.2, 0.25) is 0 Å². The molecule has 13 heteroatoms. The second-order valence-corrected chi connectivity index (χ2v) is 16.7. The number of fused-ring (bicyclic) bond motifs is 1. The van der Waals surface area contributed by atoms with Gasteiger partial charge in [-0.15, -0.1) is 0 Å². The van der Waals surface area contributed by atoms with Gasteiger partial charge in [-0.25, -0.2) is 4.79 Å². The fourth-order valence-corrected chi connectivity index (χ4v) is 12.3. The molecule has 7 bridgehead atoms. The van der Waals surface area contributed by atoms with Crippen molar-refractivity contribution in [1.82, 2.24) is 4.90 Å². The van der Waals surface area contributed by atoms with Gasteiger partial charge in [0.2, 0.25) is 0 Å². The highest BCUT2D eigenvalue weighted by Crippen LogP contribution is 2.85. The fraction of sp³-hybridized carbons (Fsp3) is 0.650. The lowest BCUT2D eigenvalue weighted by atomic mass is 9.37. The number of aldehydes is 1. The Morgan fingerprint density at radius 1 is 0.981 bits per heavy atom. The molecule has 2 spiro atoms. The van der Waals surface area contributed by atoms with Crippen molar-refractivity contribution in [1.29, 1.82) is 0 Å². The van der Waals surface area contributed by atoms with Crippen LogP contribution < -0.4 is 0 Å². The number of carbonyl (C=O) groups is 6. The van der Waals surface area contributed by atoms with Crippen molar-refractivity contribution in [3.8, 4) is 0 Å². The van der Waals surface area contributed by atoms with Crippen molar-refractivity contribution in [2.75, 3.05) is 7.05 Å². The van der Waals surface area contributed by atoms with Gasteiger partial charge in [-0.2, -0.15) is 0 Å². The maximum Gasteiger partial charge on any atom is 0.338 e. The minimum absolute atomic E-state index is 0.0405. The van der Waals surface area contributed by atoms with Crippen molar-refractivity contribution in [3.05, 3.63) is 48.0 Å². The average molecular weight is 736 g/mol. The highest BCUT2D eigenvalue weighted by Gasteiger charge is 2.96. The minimum atomic E-state index is -1.49. The standard InChI is InChI=1S/C40H49NO12/c1-9-19(4)36(47)53-33-20(5)24-27(52-35(46)18(2)3)25-31-40-29(26(41(31)8)32(45)39(25,33)30(40)28(24)49-17-43)38(7,16-42)15-23(34(40)50-21(6)44)51-37(48)22-13-11-10-12-14-22/h10-14,16-19,23-34,45H,5,9,15H2,1-4,6-8H3/t19?,23-,24-,25+,26+,27-,28+,29+,30+,31+,32-,33+,34+,38-,39+,40+/m0/s1. The van der Waals surface area contributed by atoms with E-state index in [2.05, 4.69) is 6.58 Å². The number of aliphatic hydroxyl groups is 1. The van der Waals surface area contributed by atoms with Crippen LogP contribution in [-0.2, 0) is 47.7 Å². The highest BCUT2D eigenvalue weighted by atomic mass is 16.6. The summed E-state index contributed by atoms with van der Waals surface area (Å²) >= 11 is 0. The van der Waals surface area contributed by atoms with E-state index < -0.39 is 124 Å². The summed E-state index contributed by atoms with van der Waals surface area (Å²) in [5, 5.41) is 13.0. The molecule has 8 aliphatic rings. The molecule has 1 N–H and O–H groups in total. The Bertz CT molecular complexity index is 1730. The third-order valence-electron chi connectivity index (χ3n) is 13.9. The summed E-state index contributed by atoms with van der Waals surface area (Å²) in [5.74, 6) is -6.84. The summed E-state index contributed by atoms with van der Waals surface area (Å²) in [6.07, 6.45) is -5.74. The fourth-order valence-electron chi connectivity index (χ4n) is 12.3. The maximum absolute atomic E-state index is 13.8. The van der Waals surface area contributed by atoms with Crippen LogP contribution in [0.1, 0.15) is 64.7 Å². The number of aliphatic hydroxyl groups excluding tert-OH is 1. The van der Waals surface area contributed by atoms with Gasteiger partial charge in [0.05, 0.1) is 34.8 Å². The first-order valence-corrected chi connectivity index (χ1v) is 18.6. The zero-order valence-electron chi connectivity index (χ0n) is 31.1. The van der Waals surface area contributed by atoms with Crippen LogP contribution >= 0.6 is 0 Å². The van der Waals surface area contributed by atoms with Gasteiger partial charge in [-0.05, 0) is 31.2 Å². The van der Waals surface area contributed by atoms with E-state index in [0.29, 0.717) is 18.5 Å². The Morgan fingerprint density at radius 2 is 1.66 bits per heavy atom. The SMILES string of the molecule is C=C1[C@@H]2[C@@H](OC=O)[C@@H]3[C@@]4([C@H]([C@H]2OC(=O)C(C)C)[C@H]2N(C)[C@@H]([C@@H]4O)[C@H]4[C@@]32[C@H](OC(C)=O)[C@@H](OC(=O)c2ccccc2)C[C@@]4(C)C=O)[C@@H]1OC(=O)C(C)CC. The molecule has 2 saturated heterocycles. The van der Waals surface area contributed by atoms with Crippen molar-refractivity contribution >= 4 is 36.6 Å². The van der Waals surface area contributed by atoms with E-state index in [4.69, 9.17) is 23.7 Å². The van der Waals surface area contributed by atoms with Crippen molar-refractivity contribution < 1.29 is 57.6 Å². The molecule has 1 aromatic rings. The average Bonchev–Trinajstić information content (AvgIpc) is 3.45. The summed E-state index contributed by atoms with van der Waals surface area (Å²) in [5.41, 5.74) is -3.54. The zero-order valence-corrected chi connectivity index (χ0v) is 31.1. The van der Waals surface area contributed by atoms with Crippen LogP contribution in [0.25, 0.3) is 0 Å². The maximum atomic E-state index is 13.8. The van der Waals surface area contributed by atoms with E-state index >= 15 is 0 Å². The third kappa shape index (κ3) is 4.68. The van der Waals surface area contributed by atoms with Gasteiger partial charge in [-0.1, -0.05) is 59.4 Å². The van der Waals surface area contributed by atoms with E-state index in [-0.39, 0.29) is 12.0 Å². The number of ether oxygens (including phenoxy) is 5. The molecule has 13 nitrogen and oxygen atoms in total. The molecule has 53 heavy (non-hydrogen) atoms. The monoisotopic (exact) mass is 735 g/mol. The topological polar surface area (TPSA) is 172 Å². The molecule has 1 unspecified atom stereocenters. The van der Waals surface area contributed by atoms with Crippen LogP contribution in [0.15, 0.2) is 42.5 Å². The van der Waals surface area contributed by atoms with E-state index in [0.717, 1.165) is 6.29 Å². The minimum Gasteiger partial charge on any atom is -0.463 e. The molecule has 286 valence electrons. The Balaban J connectivity index is 1.52. The summed E-state index contributed by atoms with van der Waals surface area (Å²) in [6, 6.07) is 6.83. The molecule has 16 atom stereocenters. The largest absolute Gasteiger partial charge is 0.463 e. The lowest BCUT2D eigenvalue weighted by Gasteiger charge is -2.71. The van der Waals surface area contributed by atoms with Crippen LogP contribution in [0.5, 0.6) is 0 Å². The molecule has 0 radical (unpaired) electrons. The quantitative estimate of drug-likeness (QED) is 0.152. The van der Waals surface area contributed by atoms with Crippen molar-refractivity contribution in [2.45, 2.75) is 103 Å². The number of rotatable bonds is 11. The third-order valence-corrected chi connectivity index (χ3v) is 13.9. The number of esters is 4. The van der Waals surface area contributed by atoms with Gasteiger partial charge in [-0.3, -0.25) is 24.1 Å². The normalized spacial score (nSPS) is 43.5. The highest BCUT2D eigenvalue weighted by molar-refractivity contribution is 5.89. The number of benzene rings is 1. The van der Waals surface area contributed by atoms with E-state index in [1.807, 2.05) is 18.9 Å². The molecular formula is C40H49NO12. The molecule has 2 aliphatic heterocycles. The number of nitrogens with zero attached hydrogens (tertiary/aromatic N) is 1. The molecule has 0 aromatic heterocycles. The van der Waals surface area contributed by atoms with E-state index in [9.17, 15) is 33.9 Å². The Morgan fingerprint density at radius 3 is 2.25 bits per heavy atom. The van der Waals surface area contributed by atoms with E-state index in [1.54, 1.807) is 58.0 Å². The first-order chi connectivity index (χ1) is 25.1. The molecular weight excluding hydrogens is 686 g/mol. The molecule has 9 rings (SSSR count). The Labute approximate surface area is 308 Å². The second-order valence-electron chi connectivity index (χ2n) is 16.7. The number of likely N-dealkylation sites (N-methyl/N-ethyl adjacent to an activating group) is 1. The van der Waals surface area contributed by atoms with Crippen LogP contribution in [0.3, 0.4) is 0 Å². The Hall–Kier alpha value is -4.10. The summed E-state index contributed by atoms with van der Waals surface area (Å²) in [4.78, 5) is 82.3. The van der Waals surface area contributed by atoms with Crippen molar-refractivity contribution in [3.63, 3.8) is 0 Å². The predicted octanol–water partition coefficient (Wildman–Crippen LogP) is 2.91. The first-order valence-electron chi connectivity index (χ1n) is 18.6. The molecule has 8 fully saturated rings. The molecule has 6 aliphatic carbocycles. The molecule has 2 heterocycles. The zero-order chi connectivity index (χ0) is 38.5. The number of hydrogen-bond acceptors (Lipinski definition) is 13. The summed E-state index contributed by atoms with van der Waals surface area (Å²) in [7, 11) is 1.81. The first kappa shape index (κ1) is 37.2. The number of piperidine rings is 1. The van der Waals surface area contributed by atoms with Gasteiger partial charge in [0, 0.05) is 54.0 Å². The number of hydrogen-bond donors (Lipinski definition) is 1. The van der Waals surface area contributed by atoms with Crippen LogP contribution in [-0.4, -0.2) is 102 Å². The summed E-state index contributed by atoms with van der Waals surface area (Å²) < 4.78 is 31.4. The lowest BCUT2D eigenvalue weighted by molar-refractivity contribution is -0.311. The van der Waals surface area contributed by atoms with Gasteiger partial charge in [0.1, 0.15) is 36.8 Å². The van der Waals surface area contributed by atoms with Crippen LogP contribution in [0.4, 0.5) is 0 Å². The Kier molecular flexibility index (Phi) is 8.96. The van der Waals surface area contributed by atoms with Crippen LogP contribution in [0, 0.1) is 51.8 Å². The number of carbonyl (C=O) groups excluding carboxylic acids is 6. The van der Waals surface area contributed by atoms with Crippen molar-refractivity contribution in [2.24, 2.45) is 51.8 Å². The molecule has 6 saturated carbocycles. The second kappa shape index (κ2) is 12.8.